The van der Waals surface area contributed by atoms with Crippen LogP contribution in [-0.2, 0) is 87.1 Å². The van der Waals surface area contributed by atoms with E-state index in [-0.39, 0.29) is 55.3 Å². The van der Waals surface area contributed by atoms with E-state index < -0.39 is 0 Å². The van der Waals surface area contributed by atoms with E-state index in [2.05, 4.69) is 73.5 Å². The molecule has 0 fully saturated rings. The summed E-state index contributed by atoms with van der Waals surface area (Å²) in [5, 5.41) is 9.08. The van der Waals surface area contributed by atoms with Crippen molar-refractivity contribution >= 4 is 36.0 Å². The summed E-state index contributed by atoms with van der Waals surface area (Å²) in [6.07, 6.45) is 1.35. The van der Waals surface area contributed by atoms with E-state index in [1.54, 1.807) is 43.0 Å². The number of urea groups is 3. The number of rotatable bonds is 33. The summed E-state index contributed by atoms with van der Waals surface area (Å²) in [6.45, 7) is 22.1. The van der Waals surface area contributed by atoms with Crippen LogP contribution in [-0.4, -0.2) is 144 Å². The first-order valence-electron chi connectivity index (χ1n) is 37.8. The van der Waals surface area contributed by atoms with E-state index in [0.29, 0.717) is 96.0 Å². The van der Waals surface area contributed by atoms with E-state index in [1.807, 2.05) is 212 Å². The SMILES string of the molecule is CCCOC(=O)Cc1ccc(OC)c(-c2ccc(C)cc2CN(CC)C(=O)NCc2ccccc2)c1.CCN(Cc1cc(C)ccc1-c1cc(CC(=O)OCC[N+](C)(C)C)ccc1OC)C(=O)NCc1ccccc1.CCOC(=O)Cc1ccc(OC)c(-c2ccc(C)cc2CN(CC)C(=O)NCc2ccccc2)c1. The summed E-state index contributed by atoms with van der Waals surface area (Å²) in [6, 6.07) is 65.1. The van der Waals surface area contributed by atoms with Crippen LogP contribution in [0.5, 0.6) is 17.2 Å². The zero-order chi connectivity index (χ0) is 79.5. The van der Waals surface area contributed by atoms with Gasteiger partial charge in [0.25, 0.3) is 0 Å². The average molecular weight is 1500 g/mol. The Morgan fingerprint density at radius 2 is 0.645 bits per heavy atom. The molecule has 9 aromatic carbocycles. The van der Waals surface area contributed by atoms with Gasteiger partial charge in [0.1, 0.15) is 30.4 Å². The lowest BCUT2D eigenvalue weighted by atomic mass is 9.94. The van der Waals surface area contributed by atoms with Crippen LogP contribution >= 0.6 is 0 Å². The summed E-state index contributed by atoms with van der Waals surface area (Å²) in [7, 11) is 11.1. The van der Waals surface area contributed by atoms with Gasteiger partial charge < -0.3 is 63.6 Å². The molecule has 19 nitrogen and oxygen atoms in total. The van der Waals surface area contributed by atoms with Gasteiger partial charge in [0.15, 0.2) is 0 Å². The van der Waals surface area contributed by atoms with Gasteiger partial charge in [0.2, 0.25) is 0 Å². The maximum absolute atomic E-state index is 13.1. The topological polar surface area (TPSA) is 204 Å². The van der Waals surface area contributed by atoms with Gasteiger partial charge in [-0.05, 0) is 158 Å². The summed E-state index contributed by atoms with van der Waals surface area (Å²) < 4.78 is 33.6. The second-order valence-corrected chi connectivity index (χ2v) is 27.9. The number of quaternary nitrogens is 1. The van der Waals surface area contributed by atoms with Gasteiger partial charge in [-0.2, -0.15) is 0 Å². The van der Waals surface area contributed by atoms with Crippen molar-refractivity contribution in [2.24, 2.45) is 0 Å². The summed E-state index contributed by atoms with van der Waals surface area (Å²) >= 11 is 0. The summed E-state index contributed by atoms with van der Waals surface area (Å²) in [5.74, 6) is 1.36. The van der Waals surface area contributed by atoms with Crippen molar-refractivity contribution in [1.82, 2.24) is 30.7 Å². The number of likely N-dealkylation sites (N-methyl/N-ethyl adjacent to an activating group) is 1. The first-order valence-corrected chi connectivity index (χ1v) is 37.8. The number of amides is 6. The van der Waals surface area contributed by atoms with Crippen LogP contribution in [0.2, 0.25) is 0 Å². The predicted molar refractivity (Wildman–Crippen MR) is 437 cm³/mol. The fourth-order valence-corrected chi connectivity index (χ4v) is 12.3. The van der Waals surface area contributed by atoms with Crippen molar-refractivity contribution < 1.29 is 61.7 Å². The van der Waals surface area contributed by atoms with Crippen LogP contribution in [0.3, 0.4) is 0 Å². The number of benzene rings is 9. The molecule has 9 rings (SSSR count). The number of carbonyl (C=O) groups excluding carboxylic acids is 6. The lowest BCUT2D eigenvalue weighted by Crippen LogP contribution is -2.39. The molecule has 0 aromatic heterocycles. The molecule has 110 heavy (non-hydrogen) atoms. The molecule has 0 aliphatic rings. The Labute approximate surface area is 651 Å². The Morgan fingerprint density at radius 3 is 0.918 bits per heavy atom. The molecule has 0 atom stereocenters. The molecule has 0 bridgehead atoms. The van der Waals surface area contributed by atoms with Crippen LogP contribution < -0.4 is 30.2 Å². The van der Waals surface area contributed by atoms with Crippen LogP contribution in [0.1, 0.15) is 108 Å². The second kappa shape index (κ2) is 44.1. The molecule has 0 aliphatic carbocycles. The normalized spacial score (nSPS) is 10.7. The Morgan fingerprint density at radius 1 is 0.345 bits per heavy atom. The number of aryl methyl sites for hydroxylation is 3. The summed E-state index contributed by atoms with van der Waals surface area (Å²) in [5.41, 5.74) is 17.6. The Hall–Kier alpha value is -11.4. The number of esters is 3. The monoisotopic (exact) mass is 1490 g/mol. The van der Waals surface area contributed by atoms with Gasteiger partial charge in [0, 0.05) is 75.6 Å². The van der Waals surface area contributed by atoms with Gasteiger partial charge in [-0.25, -0.2) is 14.4 Å². The molecule has 3 N–H and O–H groups in total. The zero-order valence-corrected chi connectivity index (χ0v) is 66.8. The van der Waals surface area contributed by atoms with Crippen LogP contribution in [0.25, 0.3) is 33.4 Å². The van der Waals surface area contributed by atoms with Crippen LogP contribution in [0, 0.1) is 20.8 Å². The van der Waals surface area contributed by atoms with Crippen molar-refractivity contribution in [2.45, 2.75) is 120 Å². The first kappa shape index (κ1) is 85.8. The lowest BCUT2D eigenvalue weighted by molar-refractivity contribution is -0.870. The van der Waals surface area contributed by atoms with Gasteiger partial charge >= 0.3 is 36.0 Å². The number of nitrogens with one attached hydrogen (secondary N) is 3. The Balaban J connectivity index is 0.000000230. The summed E-state index contributed by atoms with van der Waals surface area (Å²) in [4.78, 5) is 81.2. The van der Waals surface area contributed by atoms with E-state index in [9.17, 15) is 28.8 Å². The minimum atomic E-state index is -0.264. The largest absolute Gasteiger partial charge is 0.496 e. The standard InChI is InChI=1S/C32H41N3O4.C30H36N2O4.C29H34N2O4/c1-7-34(32(37)33-22-25-11-9-8-10-12-25)23-27-19-24(2)13-15-28(27)29-20-26(14-16-30(29)38-6)21-31(36)39-18-17-35(3,4)5;1-5-16-36-29(33)19-24-13-15-28(35-4)27(18-24)26-14-12-22(3)17-25(26)21-32(6-2)30(34)31-20-23-10-8-7-9-11-23;1-5-31(29(33)30-19-22-10-8-7-9-11-22)20-24-16-21(3)12-14-25(24)26-17-23(13-15-27(26)34-4)18-28(32)35-6-2/h8-16,19-20H,7,17-18,21-23H2,1-6H3;7-15,17-18H,5-6,16,19-21H2,1-4H3,(H,31,34);7-17H,5-6,18-20H2,1-4H3,(H,30,33)/p+1. The smallest absolute Gasteiger partial charge is 0.317 e. The van der Waals surface area contributed by atoms with E-state index in [4.69, 9.17) is 28.4 Å². The van der Waals surface area contributed by atoms with Crippen LogP contribution in [0.4, 0.5) is 14.4 Å². The highest BCUT2D eigenvalue weighted by molar-refractivity contribution is 5.82. The fraction of sp³-hybridized carbons (Fsp3) is 0.341. The molecule has 0 spiro atoms. The minimum Gasteiger partial charge on any atom is -0.496 e. The zero-order valence-electron chi connectivity index (χ0n) is 66.8. The molecule has 0 aliphatic heterocycles. The van der Waals surface area contributed by atoms with Crippen molar-refractivity contribution in [3.05, 3.63) is 267 Å². The van der Waals surface area contributed by atoms with Crippen molar-refractivity contribution in [1.29, 1.82) is 0 Å². The number of methoxy groups -OCH3 is 3. The lowest BCUT2D eigenvalue weighted by Gasteiger charge is -2.24. The number of carbonyl (C=O) groups is 6. The molecule has 582 valence electrons. The average Bonchev–Trinajstić information content (AvgIpc) is 0.810. The van der Waals surface area contributed by atoms with Gasteiger partial charge in [-0.15, -0.1) is 0 Å². The van der Waals surface area contributed by atoms with Crippen molar-refractivity contribution in [3.63, 3.8) is 0 Å². The number of nitrogens with zero attached hydrogens (tertiary/aromatic N) is 4. The highest BCUT2D eigenvalue weighted by Gasteiger charge is 2.23. The molecular formula is C91H112N7O12+. The van der Waals surface area contributed by atoms with E-state index in [0.717, 1.165) is 118 Å². The Kier molecular flexibility index (Phi) is 34.4. The van der Waals surface area contributed by atoms with Crippen LogP contribution in [0.15, 0.2) is 200 Å². The molecule has 0 saturated carbocycles. The fourth-order valence-electron chi connectivity index (χ4n) is 12.3. The molecule has 0 saturated heterocycles. The van der Waals surface area contributed by atoms with Gasteiger partial charge in [-0.1, -0.05) is 187 Å². The Bertz CT molecular complexity index is 4450. The van der Waals surface area contributed by atoms with E-state index in [1.165, 1.54) is 0 Å². The molecule has 6 amide bonds. The number of hydrogen-bond donors (Lipinski definition) is 3. The molecule has 0 radical (unpaired) electrons. The van der Waals surface area contributed by atoms with E-state index >= 15 is 0 Å². The molecule has 0 unspecified atom stereocenters. The molecule has 0 heterocycles. The highest BCUT2D eigenvalue weighted by Crippen LogP contribution is 2.38. The molecular weight excluding hydrogens is 1380 g/mol. The van der Waals surface area contributed by atoms with Crippen molar-refractivity contribution in [3.8, 4) is 50.6 Å². The minimum absolute atomic E-state index is 0.117. The number of hydrogen-bond acceptors (Lipinski definition) is 12. The first-order chi connectivity index (χ1) is 53.0. The van der Waals surface area contributed by atoms with Crippen molar-refractivity contribution in [2.75, 3.05) is 88.5 Å². The third-order valence-electron chi connectivity index (χ3n) is 18.2. The predicted octanol–water partition coefficient (Wildman–Crippen LogP) is 16.6. The highest BCUT2D eigenvalue weighted by atomic mass is 16.5. The number of ether oxygens (including phenoxy) is 6. The third-order valence-corrected chi connectivity index (χ3v) is 18.2. The second-order valence-electron chi connectivity index (χ2n) is 27.9. The maximum atomic E-state index is 13.1. The molecule has 9 aromatic rings. The molecule has 19 heteroatoms. The maximum Gasteiger partial charge on any atom is 0.317 e. The van der Waals surface area contributed by atoms with Gasteiger partial charge in [0.05, 0.1) is 74.9 Å². The third kappa shape index (κ3) is 27.3. The van der Waals surface area contributed by atoms with Gasteiger partial charge in [-0.3, -0.25) is 14.4 Å². The quantitative estimate of drug-likeness (QED) is 0.0200.